The summed E-state index contributed by atoms with van der Waals surface area (Å²) in [5.74, 6) is 0.379. The van der Waals surface area contributed by atoms with Crippen molar-refractivity contribution >= 4 is 27.3 Å². The number of thiophene rings is 1. The number of aromatic nitrogens is 2. The van der Waals surface area contributed by atoms with Crippen LogP contribution in [0.4, 0.5) is 0 Å². The number of carbonyl (C=O) groups excluding carboxylic acids is 1. The molecule has 4 rings (SSSR count). The Morgan fingerprint density at radius 2 is 1.90 bits per heavy atom. The van der Waals surface area contributed by atoms with Crippen molar-refractivity contribution in [1.82, 2.24) is 9.55 Å². The highest BCUT2D eigenvalue weighted by Crippen LogP contribution is 2.32. The third-order valence-electron chi connectivity index (χ3n) is 5.23. The molecule has 2 aromatic heterocycles. The average Bonchev–Trinajstić information content (AvgIpc) is 3.16. The second kappa shape index (κ2) is 7.76. The predicted octanol–water partition coefficient (Wildman–Crippen LogP) is 3.93. The van der Waals surface area contributed by atoms with E-state index in [9.17, 15) is 14.4 Å². The highest BCUT2D eigenvalue weighted by atomic mass is 32.1. The number of benzene rings is 2. The van der Waals surface area contributed by atoms with Crippen molar-refractivity contribution in [2.24, 2.45) is 0 Å². The van der Waals surface area contributed by atoms with E-state index < -0.39 is 11.2 Å². The number of methoxy groups -OCH3 is 1. The third-order valence-corrected chi connectivity index (χ3v) is 6.12. The number of fused-ring (bicyclic) bond motifs is 1. The van der Waals surface area contributed by atoms with Crippen LogP contribution in [0.3, 0.4) is 0 Å². The van der Waals surface area contributed by atoms with Crippen LogP contribution in [-0.4, -0.2) is 22.4 Å². The van der Waals surface area contributed by atoms with Gasteiger partial charge in [0, 0.05) is 16.5 Å². The van der Waals surface area contributed by atoms with E-state index in [4.69, 9.17) is 4.74 Å². The number of aryl methyl sites for hydroxylation is 2. The molecule has 0 saturated carbocycles. The van der Waals surface area contributed by atoms with Crippen LogP contribution in [0.1, 0.15) is 21.5 Å². The summed E-state index contributed by atoms with van der Waals surface area (Å²) in [7, 11) is 1.58. The van der Waals surface area contributed by atoms with Gasteiger partial charge in [-0.1, -0.05) is 24.3 Å². The summed E-state index contributed by atoms with van der Waals surface area (Å²) in [6.45, 7) is 3.56. The molecule has 0 spiro atoms. The topological polar surface area (TPSA) is 81.2 Å². The maximum Gasteiger partial charge on any atom is 0.329 e. The lowest BCUT2D eigenvalue weighted by Crippen LogP contribution is -2.37. The number of nitrogens with one attached hydrogen (secondary N) is 1. The molecule has 4 aromatic rings. The normalized spacial score (nSPS) is 11.0. The molecular formula is C23H20N2O4S. The van der Waals surface area contributed by atoms with Crippen LogP contribution < -0.4 is 16.0 Å². The Balaban J connectivity index is 1.81. The van der Waals surface area contributed by atoms with Crippen LogP contribution in [0, 0.1) is 13.8 Å². The molecule has 0 fully saturated rings. The number of nitrogens with zero attached hydrogens (tertiary/aromatic N) is 1. The minimum atomic E-state index is -0.594. The molecule has 30 heavy (non-hydrogen) atoms. The maximum atomic E-state index is 13.2. The van der Waals surface area contributed by atoms with Crippen molar-refractivity contribution in [3.8, 4) is 16.9 Å². The number of hydrogen-bond acceptors (Lipinski definition) is 5. The molecule has 0 aliphatic carbocycles. The van der Waals surface area contributed by atoms with Crippen LogP contribution in [0.5, 0.6) is 5.75 Å². The van der Waals surface area contributed by atoms with Crippen LogP contribution in [0.2, 0.25) is 0 Å². The SMILES string of the molecule is COc1cccc(-c2csc3[nH]c(=O)n(CC(=O)c4ccc(C)c(C)c4)c(=O)c23)c1. The van der Waals surface area contributed by atoms with Gasteiger partial charge in [-0.05, 0) is 48.7 Å². The van der Waals surface area contributed by atoms with Crippen molar-refractivity contribution in [3.05, 3.63) is 85.4 Å². The molecule has 0 unspecified atom stereocenters. The van der Waals surface area contributed by atoms with Crippen LogP contribution in [0.25, 0.3) is 21.3 Å². The van der Waals surface area contributed by atoms with Crippen LogP contribution >= 0.6 is 11.3 Å². The van der Waals surface area contributed by atoms with E-state index in [-0.39, 0.29) is 12.3 Å². The van der Waals surface area contributed by atoms with E-state index in [0.29, 0.717) is 27.1 Å². The van der Waals surface area contributed by atoms with E-state index in [1.807, 2.05) is 49.6 Å². The first-order valence-electron chi connectivity index (χ1n) is 9.38. The third kappa shape index (κ3) is 3.48. The Morgan fingerprint density at radius 3 is 2.63 bits per heavy atom. The largest absolute Gasteiger partial charge is 0.497 e. The maximum absolute atomic E-state index is 13.2. The number of carbonyl (C=O) groups is 1. The van der Waals surface area contributed by atoms with Gasteiger partial charge in [0.05, 0.1) is 19.0 Å². The number of aromatic amines is 1. The van der Waals surface area contributed by atoms with Gasteiger partial charge in [0.2, 0.25) is 0 Å². The van der Waals surface area contributed by atoms with E-state index in [2.05, 4.69) is 4.98 Å². The number of ether oxygens (including phenoxy) is 1. The molecule has 152 valence electrons. The molecule has 0 bridgehead atoms. The Hall–Kier alpha value is -3.45. The molecule has 6 nitrogen and oxygen atoms in total. The molecule has 7 heteroatoms. The van der Waals surface area contributed by atoms with Gasteiger partial charge in [-0.25, -0.2) is 4.79 Å². The molecule has 2 aromatic carbocycles. The summed E-state index contributed by atoms with van der Waals surface area (Å²) < 4.78 is 6.24. The Bertz CT molecular complexity index is 1390. The summed E-state index contributed by atoms with van der Waals surface area (Å²) in [5.41, 5.74) is 2.95. The Labute approximate surface area is 176 Å². The number of hydrogen-bond donors (Lipinski definition) is 1. The number of ketones is 1. The first-order chi connectivity index (χ1) is 14.4. The lowest BCUT2D eigenvalue weighted by atomic mass is 10.0. The minimum absolute atomic E-state index is 0.289. The summed E-state index contributed by atoms with van der Waals surface area (Å²) in [4.78, 5) is 41.7. The van der Waals surface area contributed by atoms with Crippen molar-refractivity contribution in [1.29, 1.82) is 0 Å². The van der Waals surface area contributed by atoms with Crippen molar-refractivity contribution in [3.63, 3.8) is 0 Å². The first kappa shape index (κ1) is 19.8. The first-order valence-corrected chi connectivity index (χ1v) is 10.3. The molecule has 0 radical (unpaired) electrons. The summed E-state index contributed by atoms with van der Waals surface area (Å²) in [5, 5.41) is 2.22. The van der Waals surface area contributed by atoms with Crippen molar-refractivity contribution in [2.75, 3.05) is 7.11 Å². The van der Waals surface area contributed by atoms with E-state index in [1.165, 1.54) is 11.3 Å². The fraction of sp³-hybridized carbons (Fsp3) is 0.174. The average molecular weight is 420 g/mol. The molecule has 0 aliphatic rings. The molecule has 0 saturated heterocycles. The van der Waals surface area contributed by atoms with Crippen molar-refractivity contribution in [2.45, 2.75) is 20.4 Å². The number of Topliss-reactive ketones (excluding diaryl/α,β-unsaturated/α-hetero) is 1. The lowest BCUT2D eigenvalue weighted by Gasteiger charge is -2.08. The fourth-order valence-electron chi connectivity index (χ4n) is 3.35. The standard InChI is InChI=1S/C23H20N2O4S/c1-13-7-8-16(9-14(13)2)19(26)11-25-22(27)20-18(12-30-21(20)24-23(25)28)15-5-4-6-17(10-15)29-3/h4-10,12H,11H2,1-3H3,(H,24,28). The Kier molecular flexibility index (Phi) is 5.13. The quantitative estimate of drug-likeness (QED) is 0.496. The predicted molar refractivity (Wildman–Crippen MR) is 119 cm³/mol. The van der Waals surface area contributed by atoms with E-state index in [1.54, 1.807) is 19.2 Å². The molecular weight excluding hydrogens is 400 g/mol. The zero-order valence-electron chi connectivity index (χ0n) is 16.8. The zero-order chi connectivity index (χ0) is 21.4. The molecule has 0 aliphatic heterocycles. The van der Waals surface area contributed by atoms with Gasteiger partial charge in [-0.2, -0.15) is 0 Å². The summed E-state index contributed by atoms with van der Waals surface area (Å²) in [6, 6.07) is 12.7. The van der Waals surface area contributed by atoms with Crippen LogP contribution in [0.15, 0.2) is 57.4 Å². The summed E-state index contributed by atoms with van der Waals surface area (Å²) >= 11 is 1.28. The molecule has 0 amide bonds. The van der Waals surface area contributed by atoms with Gasteiger partial charge >= 0.3 is 5.69 Å². The summed E-state index contributed by atoms with van der Waals surface area (Å²) in [6.07, 6.45) is 0. The molecule has 1 N–H and O–H groups in total. The number of rotatable bonds is 5. The molecule has 2 heterocycles. The van der Waals surface area contributed by atoms with E-state index in [0.717, 1.165) is 21.3 Å². The van der Waals surface area contributed by atoms with E-state index >= 15 is 0 Å². The monoisotopic (exact) mass is 420 g/mol. The Morgan fingerprint density at radius 1 is 1.10 bits per heavy atom. The second-order valence-corrected chi connectivity index (χ2v) is 8.01. The van der Waals surface area contributed by atoms with Gasteiger partial charge in [-0.15, -0.1) is 11.3 Å². The van der Waals surface area contributed by atoms with Gasteiger partial charge in [-0.3, -0.25) is 19.1 Å². The minimum Gasteiger partial charge on any atom is -0.497 e. The second-order valence-electron chi connectivity index (χ2n) is 7.13. The number of H-pyrrole nitrogens is 1. The smallest absolute Gasteiger partial charge is 0.329 e. The van der Waals surface area contributed by atoms with Gasteiger partial charge < -0.3 is 4.74 Å². The van der Waals surface area contributed by atoms with Gasteiger partial charge in [0.1, 0.15) is 10.6 Å². The fourth-order valence-corrected chi connectivity index (χ4v) is 4.30. The molecule has 0 atom stereocenters. The highest BCUT2D eigenvalue weighted by molar-refractivity contribution is 7.17. The lowest BCUT2D eigenvalue weighted by molar-refractivity contribution is 0.0969. The highest BCUT2D eigenvalue weighted by Gasteiger charge is 2.18. The van der Waals surface area contributed by atoms with Gasteiger partial charge in [0.15, 0.2) is 5.78 Å². The van der Waals surface area contributed by atoms with Gasteiger partial charge in [0.25, 0.3) is 5.56 Å². The van der Waals surface area contributed by atoms with Crippen molar-refractivity contribution < 1.29 is 9.53 Å². The zero-order valence-corrected chi connectivity index (χ0v) is 17.6. The van der Waals surface area contributed by atoms with Crippen LogP contribution in [-0.2, 0) is 6.54 Å².